The molecule has 1 aromatic rings. The van der Waals surface area contributed by atoms with Gasteiger partial charge in [-0.1, -0.05) is 11.6 Å². The molecule has 0 aliphatic carbocycles. The van der Waals surface area contributed by atoms with E-state index in [1.54, 1.807) is 18.2 Å². The van der Waals surface area contributed by atoms with Crippen molar-refractivity contribution in [2.45, 2.75) is 0 Å². The van der Waals surface area contributed by atoms with E-state index in [1.807, 2.05) is 0 Å². The molecule has 0 bridgehead atoms. The second-order valence-corrected chi connectivity index (χ2v) is 4.59. The minimum atomic E-state index is -1.04. The van der Waals surface area contributed by atoms with Crippen LogP contribution in [0, 0.1) is 0 Å². The number of halogens is 2. The number of hydrogen-bond donors (Lipinski definition) is 2. The first kappa shape index (κ1) is 14.9. The fraction of sp³-hybridized carbons (Fsp3) is 0.273. The number of aliphatic carboxylic acids is 1. The molecule has 0 saturated heterocycles. The topological polar surface area (TPSA) is 75.6 Å². The molecule has 1 rings (SSSR count). The Morgan fingerprint density at radius 2 is 2.17 bits per heavy atom. The quantitative estimate of drug-likeness (QED) is 0.778. The van der Waals surface area contributed by atoms with Crippen LogP contribution in [0.2, 0.25) is 5.02 Å². The van der Waals surface area contributed by atoms with E-state index in [1.165, 1.54) is 0 Å². The molecule has 0 radical (unpaired) electrons. The Morgan fingerprint density at radius 1 is 1.44 bits per heavy atom. The number of carboxylic acids is 1. The first-order valence-electron chi connectivity index (χ1n) is 5.03. The maximum Gasteiger partial charge on any atom is 0.329 e. The summed E-state index contributed by atoms with van der Waals surface area (Å²) in [6.45, 7) is 0.0154. The monoisotopic (exact) mass is 335 g/mol. The molecule has 98 valence electrons. The summed E-state index contributed by atoms with van der Waals surface area (Å²) < 4.78 is 5.42. The lowest BCUT2D eigenvalue weighted by molar-refractivity contribution is -0.142. The van der Waals surface area contributed by atoms with Gasteiger partial charge in [0.05, 0.1) is 11.6 Å². The minimum absolute atomic E-state index is 0.146. The average molecular weight is 337 g/mol. The second-order valence-electron chi connectivity index (χ2n) is 3.33. The molecule has 0 aromatic heterocycles. The molecule has 0 aliphatic rings. The lowest BCUT2D eigenvalue weighted by Gasteiger charge is -2.06. The second kappa shape index (κ2) is 7.35. The van der Waals surface area contributed by atoms with Gasteiger partial charge in [-0.05, 0) is 34.1 Å². The van der Waals surface area contributed by atoms with Crippen molar-refractivity contribution in [1.82, 2.24) is 5.32 Å². The van der Waals surface area contributed by atoms with E-state index in [-0.39, 0.29) is 25.7 Å². The molecule has 0 heterocycles. The third kappa shape index (κ3) is 5.03. The Balaban J connectivity index is 2.36. The molecule has 0 saturated carbocycles. The Kier molecular flexibility index (Phi) is 6.11. The largest absolute Gasteiger partial charge is 0.480 e. The summed E-state index contributed by atoms with van der Waals surface area (Å²) in [7, 11) is 0. The summed E-state index contributed by atoms with van der Waals surface area (Å²) in [6.07, 6.45) is 0. The zero-order valence-corrected chi connectivity index (χ0v) is 11.6. The van der Waals surface area contributed by atoms with Gasteiger partial charge in [-0.15, -0.1) is 0 Å². The molecule has 1 amide bonds. The summed E-state index contributed by atoms with van der Waals surface area (Å²) in [5, 5.41) is 11.4. The number of benzene rings is 1. The lowest BCUT2D eigenvalue weighted by atomic mass is 10.2. The third-order valence-electron chi connectivity index (χ3n) is 1.94. The van der Waals surface area contributed by atoms with Gasteiger partial charge < -0.3 is 15.2 Å². The number of carbonyl (C=O) groups is 2. The lowest BCUT2D eigenvalue weighted by Crippen LogP contribution is -2.27. The van der Waals surface area contributed by atoms with Crippen molar-refractivity contribution in [3.8, 4) is 0 Å². The van der Waals surface area contributed by atoms with Gasteiger partial charge in [-0.3, -0.25) is 4.79 Å². The molecule has 2 N–H and O–H groups in total. The van der Waals surface area contributed by atoms with Gasteiger partial charge in [0, 0.05) is 16.6 Å². The van der Waals surface area contributed by atoms with Crippen molar-refractivity contribution >= 4 is 39.4 Å². The maximum absolute atomic E-state index is 11.7. The number of carboxylic acid groups (broad SMARTS) is 1. The Bertz CT molecular complexity index is 453. The fourth-order valence-electron chi connectivity index (χ4n) is 1.14. The van der Waals surface area contributed by atoms with Crippen molar-refractivity contribution < 1.29 is 19.4 Å². The van der Waals surface area contributed by atoms with Crippen LogP contribution in [0.3, 0.4) is 0 Å². The summed E-state index contributed by atoms with van der Waals surface area (Å²) >= 11 is 9.03. The number of rotatable bonds is 6. The Labute approximate surface area is 117 Å². The van der Waals surface area contributed by atoms with Gasteiger partial charge in [0.15, 0.2) is 0 Å². The SMILES string of the molecule is O=C(O)COCCNC(=O)c1ccc(Cl)c(Br)c1. The molecule has 0 atom stereocenters. The highest BCUT2D eigenvalue weighted by molar-refractivity contribution is 9.10. The summed E-state index contributed by atoms with van der Waals surface area (Å²) in [4.78, 5) is 21.8. The van der Waals surface area contributed by atoms with Crippen LogP contribution in [-0.4, -0.2) is 36.7 Å². The van der Waals surface area contributed by atoms with E-state index in [4.69, 9.17) is 21.4 Å². The summed E-state index contributed by atoms with van der Waals surface area (Å²) in [6, 6.07) is 4.82. The smallest absolute Gasteiger partial charge is 0.329 e. The number of carbonyl (C=O) groups excluding carboxylic acids is 1. The minimum Gasteiger partial charge on any atom is -0.480 e. The van der Waals surface area contributed by atoms with Gasteiger partial charge in [0.25, 0.3) is 5.91 Å². The predicted octanol–water partition coefficient (Wildman–Crippen LogP) is 1.93. The van der Waals surface area contributed by atoms with Crippen molar-refractivity contribution in [1.29, 1.82) is 0 Å². The highest BCUT2D eigenvalue weighted by Gasteiger charge is 2.07. The fourth-order valence-corrected chi connectivity index (χ4v) is 1.63. The van der Waals surface area contributed by atoms with E-state index in [2.05, 4.69) is 21.2 Å². The van der Waals surface area contributed by atoms with Crippen molar-refractivity contribution in [3.05, 3.63) is 33.3 Å². The molecule has 0 spiro atoms. The molecule has 0 aliphatic heterocycles. The number of ether oxygens (including phenoxy) is 1. The molecule has 18 heavy (non-hydrogen) atoms. The van der Waals surface area contributed by atoms with Gasteiger partial charge in [0.1, 0.15) is 6.61 Å². The maximum atomic E-state index is 11.7. The zero-order chi connectivity index (χ0) is 13.5. The Morgan fingerprint density at radius 3 is 2.78 bits per heavy atom. The summed E-state index contributed by atoms with van der Waals surface area (Å²) in [5.74, 6) is -1.31. The van der Waals surface area contributed by atoms with E-state index in [0.717, 1.165) is 0 Å². The van der Waals surface area contributed by atoms with Crippen LogP contribution in [0.5, 0.6) is 0 Å². The number of nitrogens with one attached hydrogen (secondary N) is 1. The van der Waals surface area contributed by atoms with Gasteiger partial charge >= 0.3 is 5.97 Å². The molecule has 1 aromatic carbocycles. The molecule has 0 unspecified atom stereocenters. The van der Waals surface area contributed by atoms with Crippen LogP contribution < -0.4 is 5.32 Å². The summed E-state index contributed by atoms with van der Waals surface area (Å²) in [5.41, 5.74) is 0.463. The van der Waals surface area contributed by atoms with Crippen molar-refractivity contribution in [3.63, 3.8) is 0 Å². The normalized spacial score (nSPS) is 10.1. The van der Waals surface area contributed by atoms with Gasteiger partial charge in [-0.25, -0.2) is 4.79 Å². The highest BCUT2D eigenvalue weighted by atomic mass is 79.9. The molecular formula is C11H11BrClNO4. The molecular weight excluding hydrogens is 325 g/mol. The molecule has 7 heteroatoms. The van der Waals surface area contributed by atoms with Gasteiger partial charge in [-0.2, -0.15) is 0 Å². The zero-order valence-electron chi connectivity index (χ0n) is 9.28. The standard InChI is InChI=1S/C11H11BrClNO4/c12-8-5-7(1-2-9(8)13)11(17)14-3-4-18-6-10(15)16/h1-2,5H,3-4,6H2,(H,14,17)(H,15,16). The van der Waals surface area contributed by atoms with Crippen molar-refractivity contribution in [2.75, 3.05) is 19.8 Å². The number of hydrogen-bond acceptors (Lipinski definition) is 3. The first-order valence-corrected chi connectivity index (χ1v) is 6.20. The highest BCUT2D eigenvalue weighted by Crippen LogP contribution is 2.23. The van der Waals surface area contributed by atoms with E-state index < -0.39 is 5.97 Å². The van der Waals surface area contributed by atoms with E-state index >= 15 is 0 Å². The van der Waals surface area contributed by atoms with E-state index in [0.29, 0.717) is 15.1 Å². The van der Waals surface area contributed by atoms with Crippen LogP contribution in [0.15, 0.2) is 22.7 Å². The van der Waals surface area contributed by atoms with Crippen LogP contribution in [0.1, 0.15) is 10.4 Å². The van der Waals surface area contributed by atoms with Crippen LogP contribution in [0.4, 0.5) is 0 Å². The van der Waals surface area contributed by atoms with Crippen molar-refractivity contribution in [2.24, 2.45) is 0 Å². The average Bonchev–Trinajstić information content (AvgIpc) is 2.31. The van der Waals surface area contributed by atoms with Gasteiger partial charge in [0.2, 0.25) is 0 Å². The molecule has 0 fully saturated rings. The van der Waals surface area contributed by atoms with Crippen LogP contribution in [-0.2, 0) is 9.53 Å². The third-order valence-corrected chi connectivity index (χ3v) is 3.15. The van der Waals surface area contributed by atoms with E-state index in [9.17, 15) is 9.59 Å². The van der Waals surface area contributed by atoms with Crippen LogP contribution >= 0.6 is 27.5 Å². The van der Waals surface area contributed by atoms with Crippen LogP contribution in [0.25, 0.3) is 0 Å². The predicted molar refractivity (Wildman–Crippen MR) is 69.9 cm³/mol. The first-order chi connectivity index (χ1) is 8.50. The Hall–Kier alpha value is -1.11. The molecule has 5 nitrogen and oxygen atoms in total. The number of amides is 1.